The summed E-state index contributed by atoms with van der Waals surface area (Å²) in [6, 6.07) is 12.5. The van der Waals surface area contributed by atoms with Gasteiger partial charge in [0, 0.05) is 11.3 Å². The van der Waals surface area contributed by atoms with E-state index in [0.29, 0.717) is 0 Å². The highest BCUT2D eigenvalue weighted by Crippen LogP contribution is 2.29. The van der Waals surface area contributed by atoms with Crippen LogP contribution in [-0.2, 0) is 6.42 Å². The summed E-state index contributed by atoms with van der Waals surface area (Å²) >= 11 is 1.75. The fourth-order valence-corrected chi connectivity index (χ4v) is 2.37. The van der Waals surface area contributed by atoms with Crippen molar-refractivity contribution in [3.05, 3.63) is 48.4 Å². The molecule has 1 aromatic carbocycles. The minimum Gasteiger partial charge on any atom is -0.468 e. The fourth-order valence-electron chi connectivity index (χ4n) is 1.52. The molecule has 16 heavy (non-hydrogen) atoms. The smallest absolute Gasteiger partial charge is 0.105 e. The molecule has 0 saturated heterocycles. The lowest BCUT2D eigenvalue weighted by molar-refractivity contribution is 0.497. The summed E-state index contributed by atoms with van der Waals surface area (Å²) in [5, 5.41) is 0. The molecule has 0 unspecified atom stereocenters. The molecule has 2 aromatic rings. The highest BCUT2D eigenvalue weighted by molar-refractivity contribution is 7.99. The predicted octanol–water partition coefficient (Wildman–Crippen LogP) is 4.77. The van der Waals surface area contributed by atoms with E-state index in [9.17, 15) is 0 Å². The summed E-state index contributed by atoms with van der Waals surface area (Å²) in [6.07, 6.45) is 5.30. The van der Waals surface area contributed by atoms with Crippen LogP contribution in [0.25, 0.3) is 0 Å². The van der Waals surface area contributed by atoms with Gasteiger partial charge in [-0.2, -0.15) is 0 Å². The van der Waals surface area contributed by atoms with Crippen LogP contribution in [0.4, 0.5) is 0 Å². The Morgan fingerprint density at radius 1 is 1.12 bits per heavy atom. The summed E-state index contributed by atoms with van der Waals surface area (Å²) < 4.78 is 5.52. The molecule has 1 heterocycles. The summed E-state index contributed by atoms with van der Waals surface area (Å²) in [5.41, 5.74) is 0. The van der Waals surface area contributed by atoms with E-state index in [1.165, 1.54) is 22.6 Å². The number of furan rings is 1. The van der Waals surface area contributed by atoms with Crippen molar-refractivity contribution in [2.45, 2.75) is 36.0 Å². The molecule has 0 amide bonds. The molecule has 2 heteroatoms. The normalized spacial score (nSPS) is 10.6. The lowest BCUT2D eigenvalue weighted by Gasteiger charge is -1.95. The van der Waals surface area contributed by atoms with Crippen LogP contribution in [0.3, 0.4) is 0 Å². The Bertz CT molecular complexity index is 419. The van der Waals surface area contributed by atoms with Crippen molar-refractivity contribution in [3.8, 4) is 0 Å². The number of hydrogen-bond acceptors (Lipinski definition) is 2. The second kappa shape index (κ2) is 5.80. The van der Waals surface area contributed by atoms with Crippen molar-refractivity contribution in [3.63, 3.8) is 0 Å². The molecule has 0 saturated carbocycles. The van der Waals surface area contributed by atoms with Gasteiger partial charge in [-0.3, -0.25) is 0 Å². The van der Waals surface area contributed by atoms with Gasteiger partial charge in [-0.05, 0) is 24.6 Å². The zero-order chi connectivity index (χ0) is 11.2. The zero-order valence-electron chi connectivity index (χ0n) is 9.48. The predicted molar refractivity (Wildman–Crippen MR) is 67.9 cm³/mol. The first kappa shape index (κ1) is 11.3. The second-order valence-electron chi connectivity index (χ2n) is 3.77. The molecule has 0 spiro atoms. The number of aryl methyl sites for hydroxylation is 1. The standard InChI is InChI=1S/C14H16OS/c1-2-3-7-12-10-14(11-15-12)16-13-8-5-4-6-9-13/h4-6,8-11H,2-3,7H2,1H3. The van der Waals surface area contributed by atoms with Gasteiger partial charge in [0.1, 0.15) is 12.0 Å². The van der Waals surface area contributed by atoms with Crippen LogP contribution in [0.5, 0.6) is 0 Å². The van der Waals surface area contributed by atoms with E-state index in [2.05, 4.69) is 37.3 Å². The molecular formula is C14H16OS. The molecule has 0 atom stereocenters. The monoisotopic (exact) mass is 232 g/mol. The van der Waals surface area contributed by atoms with Crippen LogP contribution < -0.4 is 0 Å². The second-order valence-corrected chi connectivity index (χ2v) is 4.91. The lowest BCUT2D eigenvalue weighted by atomic mass is 10.2. The SMILES string of the molecule is CCCCc1cc(Sc2ccccc2)co1. The molecule has 1 nitrogen and oxygen atoms in total. The van der Waals surface area contributed by atoms with Gasteiger partial charge in [0.25, 0.3) is 0 Å². The van der Waals surface area contributed by atoms with Crippen LogP contribution in [-0.4, -0.2) is 0 Å². The highest BCUT2D eigenvalue weighted by atomic mass is 32.2. The largest absolute Gasteiger partial charge is 0.468 e. The van der Waals surface area contributed by atoms with Gasteiger partial charge in [0.05, 0.1) is 4.90 Å². The molecule has 0 N–H and O–H groups in total. The zero-order valence-corrected chi connectivity index (χ0v) is 10.3. The Balaban J connectivity index is 1.97. The quantitative estimate of drug-likeness (QED) is 0.736. The molecule has 0 bridgehead atoms. The molecule has 0 aliphatic carbocycles. The molecule has 84 valence electrons. The maximum Gasteiger partial charge on any atom is 0.105 e. The van der Waals surface area contributed by atoms with E-state index in [4.69, 9.17) is 4.42 Å². The van der Waals surface area contributed by atoms with Crippen LogP contribution in [0, 0.1) is 0 Å². The Morgan fingerprint density at radius 2 is 1.94 bits per heavy atom. The average Bonchev–Trinajstić information content (AvgIpc) is 2.75. The maximum absolute atomic E-state index is 5.52. The van der Waals surface area contributed by atoms with Gasteiger partial charge in [-0.25, -0.2) is 0 Å². The lowest BCUT2D eigenvalue weighted by Crippen LogP contribution is -1.78. The van der Waals surface area contributed by atoms with E-state index in [0.717, 1.165) is 12.2 Å². The first-order valence-corrected chi connectivity index (χ1v) is 6.50. The Hall–Kier alpha value is -1.15. The minimum atomic E-state index is 1.05. The van der Waals surface area contributed by atoms with Crippen LogP contribution >= 0.6 is 11.8 Å². The van der Waals surface area contributed by atoms with Gasteiger partial charge in [0.15, 0.2) is 0 Å². The van der Waals surface area contributed by atoms with E-state index < -0.39 is 0 Å². The van der Waals surface area contributed by atoms with Crippen LogP contribution in [0.2, 0.25) is 0 Å². The molecule has 0 aliphatic heterocycles. The average molecular weight is 232 g/mol. The topological polar surface area (TPSA) is 13.1 Å². The van der Waals surface area contributed by atoms with E-state index in [-0.39, 0.29) is 0 Å². The summed E-state index contributed by atoms with van der Waals surface area (Å²) in [6.45, 7) is 2.20. The first-order valence-electron chi connectivity index (χ1n) is 5.69. The van der Waals surface area contributed by atoms with Crippen molar-refractivity contribution in [1.82, 2.24) is 0 Å². The summed E-state index contributed by atoms with van der Waals surface area (Å²) in [7, 11) is 0. The van der Waals surface area contributed by atoms with E-state index in [1.54, 1.807) is 11.8 Å². The fraction of sp³-hybridized carbons (Fsp3) is 0.286. The third kappa shape index (κ3) is 3.17. The Labute approximate surface area is 101 Å². The molecule has 2 rings (SSSR count). The molecule has 0 aliphatic rings. The van der Waals surface area contributed by atoms with Crippen molar-refractivity contribution >= 4 is 11.8 Å². The van der Waals surface area contributed by atoms with Gasteiger partial charge >= 0.3 is 0 Å². The van der Waals surface area contributed by atoms with E-state index >= 15 is 0 Å². The van der Waals surface area contributed by atoms with Crippen LogP contribution in [0.15, 0.2) is 56.9 Å². The van der Waals surface area contributed by atoms with Gasteiger partial charge in [0.2, 0.25) is 0 Å². The first-order chi connectivity index (χ1) is 7.88. The van der Waals surface area contributed by atoms with Gasteiger partial charge in [-0.15, -0.1) is 0 Å². The van der Waals surface area contributed by atoms with Crippen molar-refractivity contribution in [2.24, 2.45) is 0 Å². The highest BCUT2D eigenvalue weighted by Gasteiger charge is 2.02. The van der Waals surface area contributed by atoms with Crippen molar-refractivity contribution in [2.75, 3.05) is 0 Å². The van der Waals surface area contributed by atoms with Crippen LogP contribution in [0.1, 0.15) is 25.5 Å². The summed E-state index contributed by atoms with van der Waals surface area (Å²) in [4.78, 5) is 2.45. The van der Waals surface area contributed by atoms with Gasteiger partial charge < -0.3 is 4.42 Å². The van der Waals surface area contributed by atoms with Crippen molar-refractivity contribution < 1.29 is 4.42 Å². The number of unbranched alkanes of at least 4 members (excludes halogenated alkanes) is 1. The molecule has 0 radical (unpaired) electrons. The van der Waals surface area contributed by atoms with Crippen molar-refractivity contribution in [1.29, 1.82) is 0 Å². The number of hydrogen-bond donors (Lipinski definition) is 0. The summed E-state index contributed by atoms with van der Waals surface area (Å²) in [5.74, 6) is 1.10. The number of benzene rings is 1. The third-order valence-electron chi connectivity index (χ3n) is 2.39. The maximum atomic E-state index is 5.52. The molecule has 0 fully saturated rings. The minimum absolute atomic E-state index is 1.05. The molecule has 1 aromatic heterocycles. The number of rotatable bonds is 5. The Kier molecular flexibility index (Phi) is 4.11. The molecular weight excluding hydrogens is 216 g/mol. The Morgan fingerprint density at radius 3 is 2.69 bits per heavy atom. The third-order valence-corrected chi connectivity index (χ3v) is 3.34. The van der Waals surface area contributed by atoms with E-state index in [1.807, 2.05) is 12.3 Å². The van der Waals surface area contributed by atoms with Gasteiger partial charge in [-0.1, -0.05) is 43.3 Å².